The zero-order valence-electron chi connectivity index (χ0n) is 12.9. The molecule has 0 atom stereocenters. The van der Waals surface area contributed by atoms with Gasteiger partial charge in [-0.3, -0.25) is 4.57 Å². The number of nitrogens with zero attached hydrogens (tertiary/aromatic N) is 3. The fraction of sp³-hybridized carbons (Fsp3) is 0.200. The van der Waals surface area contributed by atoms with E-state index in [4.69, 9.17) is 0 Å². The molecule has 1 aliphatic rings. The summed E-state index contributed by atoms with van der Waals surface area (Å²) in [5.41, 5.74) is 3.27. The highest BCUT2D eigenvalue weighted by molar-refractivity contribution is 5.84. The van der Waals surface area contributed by atoms with E-state index in [0.29, 0.717) is 5.95 Å². The van der Waals surface area contributed by atoms with Crippen LogP contribution in [-0.4, -0.2) is 14.5 Å². The second-order valence-corrected chi connectivity index (χ2v) is 5.70. The summed E-state index contributed by atoms with van der Waals surface area (Å²) in [5, 5.41) is 1.15. The minimum atomic E-state index is 0.663. The molecule has 4 rings (SSSR count). The minimum absolute atomic E-state index is 0.663. The van der Waals surface area contributed by atoms with E-state index in [1.54, 1.807) is 12.4 Å². The van der Waals surface area contributed by atoms with E-state index in [0.717, 1.165) is 29.4 Å². The molecule has 0 unspecified atom stereocenters. The first-order chi connectivity index (χ1) is 11.4. The van der Waals surface area contributed by atoms with Crippen molar-refractivity contribution in [3.63, 3.8) is 0 Å². The van der Waals surface area contributed by atoms with Gasteiger partial charge in [-0.05, 0) is 55.4 Å². The predicted octanol–water partition coefficient (Wildman–Crippen LogP) is 4.27. The highest BCUT2D eigenvalue weighted by Gasteiger charge is 2.10. The second kappa shape index (κ2) is 6.10. The van der Waals surface area contributed by atoms with Gasteiger partial charge in [0.05, 0.1) is 5.52 Å². The molecule has 2 aromatic heterocycles. The van der Waals surface area contributed by atoms with Gasteiger partial charge >= 0.3 is 0 Å². The Morgan fingerprint density at radius 3 is 2.65 bits per heavy atom. The van der Waals surface area contributed by atoms with Crippen molar-refractivity contribution in [2.45, 2.75) is 25.7 Å². The molecule has 0 saturated carbocycles. The molecule has 112 valence electrons. The molecule has 1 aliphatic carbocycles. The maximum atomic E-state index is 4.40. The molecule has 0 bridgehead atoms. The summed E-state index contributed by atoms with van der Waals surface area (Å²) in [6, 6.07) is 12.2. The summed E-state index contributed by atoms with van der Waals surface area (Å²) in [6.45, 7) is 0. The Labute approximate surface area is 135 Å². The molecule has 2 heterocycles. The smallest absolute Gasteiger partial charge is 0.235 e. The number of para-hydroxylation sites is 1. The zero-order valence-corrected chi connectivity index (χ0v) is 12.9. The molecular weight excluding hydrogens is 282 g/mol. The Bertz CT molecular complexity index is 924. The Morgan fingerprint density at radius 1 is 0.957 bits per heavy atom. The van der Waals surface area contributed by atoms with E-state index in [9.17, 15) is 0 Å². The lowest BCUT2D eigenvalue weighted by Crippen LogP contribution is -2.02. The van der Waals surface area contributed by atoms with Gasteiger partial charge in [-0.1, -0.05) is 30.2 Å². The van der Waals surface area contributed by atoms with E-state index in [1.165, 1.54) is 18.4 Å². The van der Waals surface area contributed by atoms with Crippen molar-refractivity contribution in [2.24, 2.45) is 0 Å². The molecule has 0 radical (unpaired) electrons. The maximum Gasteiger partial charge on any atom is 0.235 e. The van der Waals surface area contributed by atoms with E-state index < -0.39 is 0 Å². The number of benzene rings is 1. The zero-order chi connectivity index (χ0) is 15.5. The lowest BCUT2D eigenvalue weighted by atomic mass is 10.00. The third-order valence-electron chi connectivity index (χ3n) is 4.11. The third-order valence-corrected chi connectivity index (χ3v) is 4.11. The van der Waals surface area contributed by atoms with Crippen molar-refractivity contribution in [2.75, 3.05) is 0 Å². The molecule has 0 fully saturated rings. The maximum absolute atomic E-state index is 4.40. The quantitative estimate of drug-likeness (QED) is 0.628. The fourth-order valence-corrected chi connectivity index (χ4v) is 2.96. The molecule has 0 aliphatic heterocycles. The lowest BCUT2D eigenvalue weighted by molar-refractivity contribution is 0.715. The van der Waals surface area contributed by atoms with Gasteiger partial charge in [-0.15, -0.1) is 0 Å². The summed E-state index contributed by atoms with van der Waals surface area (Å²) in [6.07, 6.45) is 10.6. The third kappa shape index (κ3) is 2.76. The first-order valence-electron chi connectivity index (χ1n) is 8.01. The standard InChI is InChI=1S/C20H17N3/c1-2-7-16(8-3-1)11-12-18-15-17-9-4-5-10-19(17)23(18)20-21-13-6-14-22-20/h4-7,9-10,13-15H,1-3,8H2. The van der Waals surface area contributed by atoms with Crippen molar-refractivity contribution in [3.05, 3.63) is 66.1 Å². The van der Waals surface area contributed by atoms with Gasteiger partial charge in [0.25, 0.3) is 0 Å². The minimum Gasteiger partial charge on any atom is -0.271 e. The average molecular weight is 299 g/mol. The van der Waals surface area contributed by atoms with Crippen molar-refractivity contribution in [1.82, 2.24) is 14.5 Å². The number of aromatic nitrogens is 3. The van der Waals surface area contributed by atoms with Crippen LogP contribution in [0.3, 0.4) is 0 Å². The van der Waals surface area contributed by atoms with Crippen molar-refractivity contribution >= 4 is 10.9 Å². The predicted molar refractivity (Wildman–Crippen MR) is 92.3 cm³/mol. The van der Waals surface area contributed by atoms with Crippen LogP contribution in [-0.2, 0) is 0 Å². The van der Waals surface area contributed by atoms with Crippen LogP contribution < -0.4 is 0 Å². The Hall–Kier alpha value is -2.86. The monoisotopic (exact) mass is 299 g/mol. The van der Waals surface area contributed by atoms with Crippen LogP contribution in [0.25, 0.3) is 16.9 Å². The largest absolute Gasteiger partial charge is 0.271 e. The van der Waals surface area contributed by atoms with Crippen molar-refractivity contribution in [3.8, 4) is 17.8 Å². The molecule has 1 aromatic carbocycles. The number of fused-ring (bicyclic) bond motifs is 1. The van der Waals surface area contributed by atoms with E-state index in [-0.39, 0.29) is 0 Å². The number of hydrogen-bond donors (Lipinski definition) is 0. The highest BCUT2D eigenvalue weighted by atomic mass is 15.1. The van der Waals surface area contributed by atoms with E-state index in [1.807, 2.05) is 22.8 Å². The summed E-state index contributed by atoms with van der Waals surface area (Å²) in [7, 11) is 0. The summed E-state index contributed by atoms with van der Waals surface area (Å²) in [5.74, 6) is 7.34. The van der Waals surface area contributed by atoms with Crippen LogP contribution in [0.15, 0.2) is 60.4 Å². The van der Waals surface area contributed by atoms with Gasteiger partial charge in [0.2, 0.25) is 5.95 Å². The summed E-state index contributed by atoms with van der Waals surface area (Å²) < 4.78 is 2.03. The van der Waals surface area contributed by atoms with Crippen LogP contribution in [0.5, 0.6) is 0 Å². The Kier molecular flexibility index (Phi) is 3.65. The van der Waals surface area contributed by atoms with Crippen LogP contribution in [0.4, 0.5) is 0 Å². The Balaban J connectivity index is 1.86. The highest BCUT2D eigenvalue weighted by Crippen LogP contribution is 2.22. The first kappa shape index (κ1) is 13.8. The molecule has 0 saturated heterocycles. The Morgan fingerprint density at radius 2 is 1.83 bits per heavy atom. The van der Waals surface area contributed by atoms with Gasteiger partial charge in [-0.2, -0.15) is 0 Å². The molecule has 0 amide bonds. The molecular formula is C20H17N3. The molecule has 3 heteroatoms. The van der Waals surface area contributed by atoms with Gasteiger partial charge in [-0.25, -0.2) is 9.97 Å². The molecule has 3 nitrogen and oxygen atoms in total. The lowest BCUT2D eigenvalue weighted by Gasteiger charge is -2.06. The van der Waals surface area contributed by atoms with Crippen LogP contribution in [0, 0.1) is 11.8 Å². The first-order valence-corrected chi connectivity index (χ1v) is 8.01. The van der Waals surface area contributed by atoms with E-state index in [2.05, 4.69) is 46.1 Å². The average Bonchev–Trinajstić information content (AvgIpc) is 3.00. The van der Waals surface area contributed by atoms with Crippen LogP contribution >= 0.6 is 0 Å². The molecule has 0 N–H and O–H groups in total. The molecule has 3 aromatic rings. The summed E-state index contributed by atoms with van der Waals surface area (Å²) >= 11 is 0. The van der Waals surface area contributed by atoms with E-state index >= 15 is 0 Å². The van der Waals surface area contributed by atoms with Crippen molar-refractivity contribution < 1.29 is 0 Å². The topological polar surface area (TPSA) is 30.7 Å². The van der Waals surface area contributed by atoms with Gasteiger partial charge < -0.3 is 0 Å². The number of allylic oxidation sites excluding steroid dienone is 2. The van der Waals surface area contributed by atoms with Gasteiger partial charge in [0.15, 0.2) is 0 Å². The van der Waals surface area contributed by atoms with Gasteiger partial charge in [0.1, 0.15) is 5.69 Å². The normalized spacial score (nSPS) is 14.2. The SMILES string of the molecule is C(#Cc1cc2ccccc2n1-c1ncccn1)C1=CCCCC1. The number of hydrogen-bond acceptors (Lipinski definition) is 2. The van der Waals surface area contributed by atoms with Crippen LogP contribution in [0.2, 0.25) is 0 Å². The summed E-state index contributed by atoms with van der Waals surface area (Å²) in [4.78, 5) is 8.79. The second-order valence-electron chi connectivity index (χ2n) is 5.70. The molecule has 0 spiro atoms. The molecule has 23 heavy (non-hydrogen) atoms. The van der Waals surface area contributed by atoms with Gasteiger partial charge in [0, 0.05) is 17.8 Å². The fourth-order valence-electron chi connectivity index (χ4n) is 2.96. The van der Waals surface area contributed by atoms with Crippen LogP contribution in [0.1, 0.15) is 31.4 Å². The number of rotatable bonds is 1. The van der Waals surface area contributed by atoms with Crippen molar-refractivity contribution in [1.29, 1.82) is 0 Å².